The molecule has 0 saturated heterocycles. The molecular weight excluding hydrogens is 312 g/mol. The SMILES string of the molecule is COc1cc(Br)c(C(=O)c2ccoc2C)cc1OC. The van der Waals surface area contributed by atoms with Crippen LogP contribution in [0.2, 0.25) is 0 Å². The Morgan fingerprint density at radius 2 is 1.79 bits per heavy atom. The molecule has 1 aromatic carbocycles. The fraction of sp³-hybridized carbons (Fsp3) is 0.214. The number of aryl methyl sites for hydroxylation is 1. The van der Waals surface area contributed by atoms with Gasteiger partial charge in [0, 0.05) is 10.0 Å². The van der Waals surface area contributed by atoms with Crippen LogP contribution in [0, 0.1) is 6.92 Å². The molecule has 0 N–H and O–H groups in total. The lowest BCUT2D eigenvalue weighted by Crippen LogP contribution is -2.04. The van der Waals surface area contributed by atoms with Crippen LogP contribution in [-0.4, -0.2) is 20.0 Å². The van der Waals surface area contributed by atoms with E-state index in [4.69, 9.17) is 13.9 Å². The van der Waals surface area contributed by atoms with Crippen LogP contribution >= 0.6 is 15.9 Å². The molecule has 0 saturated carbocycles. The molecule has 100 valence electrons. The summed E-state index contributed by atoms with van der Waals surface area (Å²) in [6.45, 7) is 1.75. The number of rotatable bonds is 4. The normalized spacial score (nSPS) is 10.3. The predicted molar refractivity (Wildman–Crippen MR) is 74.1 cm³/mol. The quantitative estimate of drug-likeness (QED) is 0.806. The van der Waals surface area contributed by atoms with Gasteiger partial charge in [-0.05, 0) is 41.1 Å². The molecule has 2 aromatic rings. The average Bonchev–Trinajstić information content (AvgIpc) is 2.83. The number of ketones is 1. The first-order valence-corrected chi connectivity index (χ1v) is 6.38. The minimum absolute atomic E-state index is 0.126. The molecule has 0 spiro atoms. The fourth-order valence-electron chi connectivity index (χ4n) is 1.79. The van der Waals surface area contributed by atoms with Crippen LogP contribution in [0.15, 0.2) is 33.4 Å². The number of methoxy groups -OCH3 is 2. The molecular formula is C14H13BrO4. The molecule has 0 fully saturated rings. The van der Waals surface area contributed by atoms with E-state index in [-0.39, 0.29) is 5.78 Å². The van der Waals surface area contributed by atoms with E-state index in [9.17, 15) is 4.79 Å². The van der Waals surface area contributed by atoms with Gasteiger partial charge in [0.15, 0.2) is 17.3 Å². The lowest BCUT2D eigenvalue weighted by molar-refractivity contribution is 0.103. The minimum Gasteiger partial charge on any atom is -0.493 e. The molecule has 0 aliphatic carbocycles. The maximum Gasteiger partial charge on any atom is 0.197 e. The van der Waals surface area contributed by atoms with E-state index in [0.717, 1.165) is 0 Å². The molecule has 1 aromatic heterocycles. The number of carbonyl (C=O) groups is 1. The Kier molecular flexibility index (Phi) is 3.95. The highest BCUT2D eigenvalue weighted by Gasteiger charge is 2.19. The van der Waals surface area contributed by atoms with E-state index in [0.29, 0.717) is 32.9 Å². The summed E-state index contributed by atoms with van der Waals surface area (Å²) in [6, 6.07) is 5.01. The second-order valence-electron chi connectivity index (χ2n) is 3.91. The molecule has 0 unspecified atom stereocenters. The van der Waals surface area contributed by atoms with Crippen LogP contribution in [0.4, 0.5) is 0 Å². The van der Waals surface area contributed by atoms with E-state index >= 15 is 0 Å². The maximum atomic E-state index is 12.4. The van der Waals surface area contributed by atoms with Gasteiger partial charge in [0.05, 0.1) is 26.0 Å². The zero-order chi connectivity index (χ0) is 14.0. The van der Waals surface area contributed by atoms with E-state index in [1.807, 2.05) is 0 Å². The van der Waals surface area contributed by atoms with Crippen molar-refractivity contribution in [2.75, 3.05) is 14.2 Å². The number of halogens is 1. The summed E-state index contributed by atoms with van der Waals surface area (Å²) in [7, 11) is 3.08. The largest absolute Gasteiger partial charge is 0.493 e. The van der Waals surface area contributed by atoms with E-state index in [2.05, 4.69) is 15.9 Å². The summed E-state index contributed by atoms with van der Waals surface area (Å²) in [5, 5.41) is 0. The zero-order valence-electron chi connectivity index (χ0n) is 10.8. The first-order valence-electron chi connectivity index (χ1n) is 5.58. The van der Waals surface area contributed by atoms with Crippen molar-refractivity contribution in [3.63, 3.8) is 0 Å². The third-order valence-corrected chi connectivity index (χ3v) is 3.48. The van der Waals surface area contributed by atoms with Gasteiger partial charge in [0.2, 0.25) is 0 Å². The number of hydrogen-bond donors (Lipinski definition) is 0. The zero-order valence-corrected chi connectivity index (χ0v) is 12.4. The summed E-state index contributed by atoms with van der Waals surface area (Å²) in [4.78, 5) is 12.4. The van der Waals surface area contributed by atoms with Gasteiger partial charge in [-0.3, -0.25) is 4.79 Å². The molecule has 2 rings (SSSR count). The third kappa shape index (κ3) is 2.51. The van der Waals surface area contributed by atoms with Gasteiger partial charge in [0.25, 0.3) is 0 Å². The van der Waals surface area contributed by atoms with Crippen LogP contribution in [-0.2, 0) is 0 Å². The highest BCUT2D eigenvalue weighted by atomic mass is 79.9. The molecule has 0 radical (unpaired) electrons. The van der Waals surface area contributed by atoms with Crippen LogP contribution in [0.25, 0.3) is 0 Å². The van der Waals surface area contributed by atoms with Crippen molar-refractivity contribution in [2.45, 2.75) is 6.92 Å². The van der Waals surface area contributed by atoms with Crippen molar-refractivity contribution in [3.05, 3.63) is 45.8 Å². The second kappa shape index (κ2) is 5.48. The molecule has 0 aliphatic rings. The Labute approximate surface area is 119 Å². The Balaban J connectivity index is 2.51. The Bertz CT molecular complexity index is 616. The van der Waals surface area contributed by atoms with Gasteiger partial charge < -0.3 is 13.9 Å². The molecule has 4 nitrogen and oxygen atoms in total. The first kappa shape index (κ1) is 13.7. The summed E-state index contributed by atoms with van der Waals surface area (Å²) < 4.78 is 16.2. The summed E-state index contributed by atoms with van der Waals surface area (Å²) in [5.74, 6) is 1.54. The summed E-state index contributed by atoms with van der Waals surface area (Å²) in [6.07, 6.45) is 1.50. The molecule has 0 atom stereocenters. The van der Waals surface area contributed by atoms with Gasteiger partial charge >= 0.3 is 0 Å². The van der Waals surface area contributed by atoms with Gasteiger partial charge in [-0.15, -0.1) is 0 Å². The number of benzene rings is 1. The molecule has 19 heavy (non-hydrogen) atoms. The standard InChI is InChI=1S/C14H13BrO4/c1-8-9(4-5-19-8)14(16)10-6-12(17-2)13(18-3)7-11(10)15/h4-7H,1-3H3. The molecule has 0 amide bonds. The Morgan fingerprint density at radius 3 is 2.32 bits per heavy atom. The fourth-order valence-corrected chi connectivity index (χ4v) is 2.30. The monoisotopic (exact) mass is 324 g/mol. The minimum atomic E-state index is -0.126. The Morgan fingerprint density at radius 1 is 1.16 bits per heavy atom. The molecule has 5 heteroatoms. The van der Waals surface area contributed by atoms with Gasteiger partial charge in [-0.2, -0.15) is 0 Å². The highest BCUT2D eigenvalue weighted by Crippen LogP contribution is 2.34. The Hall–Kier alpha value is -1.75. The number of carbonyl (C=O) groups excluding carboxylic acids is 1. The van der Waals surface area contributed by atoms with Crippen molar-refractivity contribution in [1.29, 1.82) is 0 Å². The lowest BCUT2D eigenvalue weighted by Gasteiger charge is -2.11. The van der Waals surface area contributed by atoms with Gasteiger partial charge in [-0.1, -0.05) is 0 Å². The van der Waals surface area contributed by atoms with Crippen LogP contribution in [0.3, 0.4) is 0 Å². The van der Waals surface area contributed by atoms with Crippen molar-refractivity contribution < 1.29 is 18.7 Å². The van der Waals surface area contributed by atoms with Crippen molar-refractivity contribution in [2.24, 2.45) is 0 Å². The molecule has 1 heterocycles. The first-order chi connectivity index (χ1) is 9.08. The topological polar surface area (TPSA) is 48.7 Å². The summed E-state index contributed by atoms with van der Waals surface area (Å²) >= 11 is 3.38. The lowest BCUT2D eigenvalue weighted by atomic mass is 10.0. The number of hydrogen-bond acceptors (Lipinski definition) is 4. The summed E-state index contributed by atoms with van der Waals surface area (Å²) in [5.41, 5.74) is 1.04. The van der Waals surface area contributed by atoms with E-state index < -0.39 is 0 Å². The molecule has 0 bridgehead atoms. The van der Waals surface area contributed by atoms with Gasteiger partial charge in [-0.25, -0.2) is 0 Å². The number of ether oxygens (including phenoxy) is 2. The number of furan rings is 1. The van der Waals surface area contributed by atoms with Crippen molar-refractivity contribution >= 4 is 21.7 Å². The van der Waals surface area contributed by atoms with E-state index in [1.54, 1.807) is 32.2 Å². The van der Waals surface area contributed by atoms with Crippen LogP contribution in [0.5, 0.6) is 11.5 Å². The average molecular weight is 325 g/mol. The second-order valence-corrected chi connectivity index (χ2v) is 4.76. The van der Waals surface area contributed by atoms with Gasteiger partial charge in [0.1, 0.15) is 5.76 Å². The highest BCUT2D eigenvalue weighted by molar-refractivity contribution is 9.10. The van der Waals surface area contributed by atoms with E-state index in [1.165, 1.54) is 13.4 Å². The third-order valence-electron chi connectivity index (χ3n) is 2.82. The van der Waals surface area contributed by atoms with Crippen LogP contribution < -0.4 is 9.47 Å². The molecule has 0 aliphatic heterocycles. The maximum absolute atomic E-state index is 12.4. The van der Waals surface area contributed by atoms with Crippen molar-refractivity contribution in [1.82, 2.24) is 0 Å². The smallest absolute Gasteiger partial charge is 0.197 e. The predicted octanol–water partition coefficient (Wildman–Crippen LogP) is 3.60. The van der Waals surface area contributed by atoms with Crippen LogP contribution in [0.1, 0.15) is 21.7 Å². The van der Waals surface area contributed by atoms with Crippen molar-refractivity contribution in [3.8, 4) is 11.5 Å².